The van der Waals surface area contributed by atoms with Crippen LogP contribution in [0.3, 0.4) is 0 Å². The first-order valence-corrected chi connectivity index (χ1v) is 6.53. The van der Waals surface area contributed by atoms with Crippen LogP contribution in [-0.2, 0) is 20.8 Å². The molecule has 112 valence electrons. The third-order valence-electron chi connectivity index (χ3n) is 3.48. The molecule has 4 N–H and O–H groups in total. The van der Waals surface area contributed by atoms with E-state index in [-0.39, 0.29) is 19.3 Å². The van der Waals surface area contributed by atoms with Crippen molar-refractivity contribution in [3.63, 3.8) is 0 Å². The zero-order chi connectivity index (χ0) is 15.6. The number of benzene rings is 1. The number of anilines is 1. The van der Waals surface area contributed by atoms with E-state index in [1.165, 1.54) is 4.90 Å². The molecular weight excluding hydrogens is 276 g/mol. The van der Waals surface area contributed by atoms with Gasteiger partial charge in [0, 0.05) is 18.5 Å². The Morgan fingerprint density at radius 3 is 2.57 bits per heavy atom. The van der Waals surface area contributed by atoms with Crippen molar-refractivity contribution in [3.8, 4) is 0 Å². The van der Waals surface area contributed by atoms with Crippen molar-refractivity contribution in [2.24, 2.45) is 5.73 Å². The van der Waals surface area contributed by atoms with E-state index < -0.39 is 29.9 Å². The SMILES string of the molecule is NC(CCC(=O)O)C(=O)N1c2ccccc2CC1C(=O)O. The van der Waals surface area contributed by atoms with E-state index in [0.29, 0.717) is 5.69 Å². The van der Waals surface area contributed by atoms with Gasteiger partial charge in [-0.2, -0.15) is 0 Å². The molecule has 0 spiro atoms. The molecule has 0 saturated carbocycles. The summed E-state index contributed by atoms with van der Waals surface area (Å²) in [5.74, 6) is -2.71. The molecule has 0 aliphatic carbocycles. The van der Waals surface area contributed by atoms with Crippen molar-refractivity contribution >= 4 is 23.5 Å². The van der Waals surface area contributed by atoms with Gasteiger partial charge in [0.05, 0.1) is 6.04 Å². The summed E-state index contributed by atoms with van der Waals surface area (Å²) in [5, 5.41) is 17.9. The van der Waals surface area contributed by atoms with Crippen LogP contribution in [0.15, 0.2) is 24.3 Å². The highest BCUT2D eigenvalue weighted by Gasteiger charge is 2.39. The van der Waals surface area contributed by atoms with Crippen LogP contribution in [-0.4, -0.2) is 40.1 Å². The fourth-order valence-corrected chi connectivity index (χ4v) is 2.44. The number of fused-ring (bicyclic) bond motifs is 1. The Morgan fingerprint density at radius 2 is 1.95 bits per heavy atom. The van der Waals surface area contributed by atoms with E-state index in [1.807, 2.05) is 0 Å². The fraction of sp³-hybridized carbons (Fsp3) is 0.357. The molecule has 1 aromatic rings. The fourth-order valence-electron chi connectivity index (χ4n) is 2.44. The predicted octanol–water partition coefficient (Wildman–Crippen LogP) is 0.221. The minimum Gasteiger partial charge on any atom is -0.481 e. The second-order valence-corrected chi connectivity index (χ2v) is 4.93. The number of hydrogen-bond acceptors (Lipinski definition) is 4. The number of carboxylic acids is 2. The molecule has 0 saturated heterocycles. The molecule has 7 nitrogen and oxygen atoms in total. The Morgan fingerprint density at radius 1 is 1.29 bits per heavy atom. The minimum absolute atomic E-state index is 0.0286. The standard InChI is InChI=1S/C14H16N2O5/c15-9(5-6-12(17)18)13(19)16-10-4-2-1-3-8(10)7-11(16)14(20)21/h1-4,9,11H,5-7,15H2,(H,17,18)(H,20,21). The van der Waals surface area contributed by atoms with Gasteiger partial charge in [-0.05, 0) is 18.1 Å². The van der Waals surface area contributed by atoms with E-state index >= 15 is 0 Å². The number of hydrogen-bond donors (Lipinski definition) is 3. The largest absolute Gasteiger partial charge is 0.481 e. The summed E-state index contributed by atoms with van der Waals surface area (Å²) in [7, 11) is 0. The van der Waals surface area contributed by atoms with Crippen LogP contribution in [0.2, 0.25) is 0 Å². The van der Waals surface area contributed by atoms with Gasteiger partial charge < -0.3 is 15.9 Å². The van der Waals surface area contributed by atoms with Crippen molar-refractivity contribution < 1.29 is 24.6 Å². The van der Waals surface area contributed by atoms with Gasteiger partial charge in [0.15, 0.2) is 0 Å². The summed E-state index contributed by atoms with van der Waals surface area (Å²) in [6.45, 7) is 0. The van der Waals surface area contributed by atoms with Crippen LogP contribution in [0.1, 0.15) is 18.4 Å². The van der Waals surface area contributed by atoms with Crippen LogP contribution in [0.4, 0.5) is 5.69 Å². The van der Waals surface area contributed by atoms with E-state index in [4.69, 9.17) is 10.8 Å². The summed E-state index contributed by atoms with van der Waals surface area (Å²) >= 11 is 0. The molecule has 21 heavy (non-hydrogen) atoms. The van der Waals surface area contributed by atoms with Crippen molar-refractivity contribution in [2.45, 2.75) is 31.3 Å². The Bertz CT molecular complexity index is 586. The molecule has 0 aromatic heterocycles. The summed E-state index contributed by atoms with van der Waals surface area (Å²) < 4.78 is 0. The van der Waals surface area contributed by atoms with Crippen LogP contribution in [0.25, 0.3) is 0 Å². The molecule has 7 heteroatoms. The molecule has 2 rings (SSSR count). The number of amides is 1. The normalized spacial score (nSPS) is 18.1. The van der Waals surface area contributed by atoms with Gasteiger partial charge >= 0.3 is 11.9 Å². The molecule has 0 bridgehead atoms. The van der Waals surface area contributed by atoms with Crippen LogP contribution in [0, 0.1) is 0 Å². The summed E-state index contributed by atoms with van der Waals surface area (Å²) in [6, 6.07) is 4.89. The minimum atomic E-state index is -1.11. The summed E-state index contributed by atoms with van der Waals surface area (Å²) in [6.07, 6.45) is -0.0395. The van der Waals surface area contributed by atoms with Crippen LogP contribution in [0.5, 0.6) is 0 Å². The van der Waals surface area contributed by atoms with E-state index in [0.717, 1.165) is 5.56 Å². The molecule has 1 aliphatic heterocycles. The molecule has 1 aromatic carbocycles. The first-order chi connectivity index (χ1) is 9.91. The van der Waals surface area contributed by atoms with Crippen molar-refractivity contribution in [2.75, 3.05) is 4.90 Å². The average molecular weight is 292 g/mol. The van der Waals surface area contributed by atoms with Gasteiger partial charge in [-0.1, -0.05) is 18.2 Å². The molecule has 1 heterocycles. The summed E-state index contributed by atoms with van der Waals surface area (Å²) in [5.41, 5.74) is 7.01. The van der Waals surface area contributed by atoms with Gasteiger partial charge in [0.2, 0.25) is 5.91 Å². The lowest BCUT2D eigenvalue weighted by Gasteiger charge is -2.25. The topological polar surface area (TPSA) is 121 Å². The van der Waals surface area contributed by atoms with Crippen molar-refractivity contribution in [1.29, 1.82) is 0 Å². The molecule has 1 aliphatic rings. The van der Waals surface area contributed by atoms with Gasteiger partial charge in [-0.3, -0.25) is 14.5 Å². The number of carboxylic acid groups (broad SMARTS) is 2. The van der Waals surface area contributed by atoms with Gasteiger partial charge in [-0.25, -0.2) is 4.79 Å². The van der Waals surface area contributed by atoms with Crippen molar-refractivity contribution in [3.05, 3.63) is 29.8 Å². The quantitative estimate of drug-likeness (QED) is 0.714. The zero-order valence-electron chi connectivity index (χ0n) is 11.2. The monoisotopic (exact) mass is 292 g/mol. The molecule has 0 fully saturated rings. The lowest BCUT2D eigenvalue weighted by atomic mass is 10.1. The Hall–Kier alpha value is -2.41. The number of carbonyl (C=O) groups is 3. The maximum atomic E-state index is 12.4. The van der Waals surface area contributed by atoms with Crippen molar-refractivity contribution in [1.82, 2.24) is 0 Å². The first-order valence-electron chi connectivity index (χ1n) is 6.53. The average Bonchev–Trinajstić information content (AvgIpc) is 2.83. The molecule has 2 atom stereocenters. The van der Waals surface area contributed by atoms with E-state index in [1.54, 1.807) is 24.3 Å². The Labute approximate surface area is 121 Å². The first kappa shape index (κ1) is 15.0. The number of aliphatic carboxylic acids is 2. The lowest BCUT2D eigenvalue weighted by Crippen LogP contribution is -2.50. The van der Waals surface area contributed by atoms with Gasteiger partial charge in [0.25, 0.3) is 0 Å². The number of para-hydroxylation sites is 1. The third kappa shape index (κ3) is 3.03. The Kier molecular flexibility index (Phi) is 4.23. The Balaban J connectivity index is 2.24. The molecule has 1 amide bonds. The number of nitrogens with zero attached hydrogens (tertiary/aromatic N) is 1. The lowest BCUT2D eigenvalue weighted by molar-refractivity contribution is -0.140. The van der Waals surface area contributed by atoms with Gasteiger partial charge in [-0.15, -0.1) is 0 Å². The number of nitrogens with two attached hydrogens (primary N) is 1. The van der Waals surface area contributed by atoms with Crippen LogP contribution >= 0.6 is 0 Å². The second kappa shape index (κ2) is 5.92. The molecular formula is C14H16N2O5. The highest BCUT2D eigenvalue weighted by molar-refractivity contribution is 6.04. The van der Waals surface area contributed by atoms with Gasteiger partial charge in [0.1, 0.15) is 6.04 Å². The van der Waals surface area contributed by atoms with E-state index in [2.05, 4.69) is 0 Å². The third-order valence-corrected chi connectivity index (χ3v) is 3.48. The zero-order valence-corrected chi connectivity index (χ0v) is 11.2. The van der Waals surface area contributed by atoms with E-state index in [9.17, 15) is 19.5 Å². The van der Waals surface area contributed by atoms with Crippen LogP contribution < -0.4 is 10.6 Å². The smallest absolute Gasteiger partial charge is 0.327 e. The molecule has 2 unspecified atom stereocenters. The number of rotatable bonds is 5. The highest BCUT2D eigenvalue weighted by Crippen LogP contribution is 2.32. The highest BCUT2D eigenvalue weighted by atomic mass is 16.4. The maximum Gasteiger partial charge on any atom is 0.327 e. The molecule has 0 radical (unpaired) electrons. The predicted molar refractivity (Wildman–Crippen MR) is 73.9 cm³/mol. The second-order valence-electron chi connectivity index (χ2n) is 4.93. The summed E-state index contributed by atoms with van der Waals surface area (Å²) in [4.78, 5) is 35.4. The maximum absolute atomic E-state index is 12.4. The number of carbonyl (C=O) groups excluding carboxylic acids is 1.